The molecule has 0 spiro atoms. The molecule has 3 heteroatoms. The van der Waals surface area contributed by atoms with Gasteiger partial charge in [0.2, 0.25) is 0 Å². The van der Waals surface area contributed by atoms with Crippen LogP contribution in [0, 0.1) is 0 Å². The number of aliphatic hydroxyl groups is 1. The summed E-state index contributed by atoms with van der Waals surface area (Å²) in [6.07, 6.45) is 2.36. The second-order valence-corrected chi connectivity index (χ2v) is 4.47. The van der Waals surface area contributed by atoms with Gasteiger partial charge in [-0.3, -0.25) is 0 Å². The molecule has 100 valence electrons. The van der Waals surface area contributed by atoms with Gasteiger partial charge in [0.25, 0.3) is 0 Å². The molecule has 1 aliphatic rings. The van der Waals surface area contributed by atoms with Gasteiger partial charge in [-0.05, 0) is 31.9 Å². The summed E-state index contributed by atoms with van der Waals surface area (Å²) in [5.41, 5.74) is 2.53. The van der Waals surface area contributed by atoms with Crippen LogP contribution in [0.2, 0.25) is 0 Å². The Hall–Kier alpha value is -1.32. The molecule has 18 heavy (non-hydrogen) atoms. The van der Waals surface area contributed by atoms with Crippen molar-refractivity contribution in [3.8, 4) is 0 Å². The molecule has 1 aromatic rings. The smallest absolute Gasteiger partial charge is 0.124 e. The molecule has 0 saturated heterocycles. The number of fused-ring (bicyclic) bond motifs is 1. The van der Waals surface area contributed by atoms with Crippen molar-refractivity contribution in [3.63, 3.8) is 0 Å². The predicted octanol–water partition coefficient (Wildman–Crippen LogP) is 2.59. The Morgan fingerprint density at radius 3 is 2.72 bits per heavy atom. The van der Waals surface area contributed by atoms with Crippen LogP contribution < -0.4 is 4.90 Å². The van der Waals surface area contributed by atoms with E-state index < -0.39 is 6.23 Å². The zero-order valence-corrected chi connectivity index (χ0v) is 11.5. The zero-order chi connectivity index (χ0) is 13.5. The van der Waals surface area contributed by atoms with Crippen molar-refractivity contribution in [2.75, 3.05) is 18.6 Å². The molecule has 1 aliphatic heterocycles. The minimum absolute atomic E-state index is 0.390. The van der Waals surface area contributed by atoms with E-state index >= 15 is 0 Å². The fourth-order valence-electron chi connectivity index (χ4n) is 2.28. The van der Waals surface area contributed by atoms with Gasteiger partial charge in [0, 0.05) is 18.8 Å². The number of ether oxygens (including phenoxy) is 1. The first-order valence-electron chi connectivity index (χ1n) is 6.26. The molecular formula is C15H23NO2. The summed E-state index contributed by atoms with van der Waals surface area (Å²) in [6.45, 7) is 8.04. The van der Waals surface area contributed by atoms with Crippen LogP contribution in [0.25, 0.3) is 0 Å². The van der Waals surface area contributed by atoms with Crippen LogP contribution in [-0.2, 0) is 11.2 Å². The van der Waals surface area contributed by atoms with Gasteiger partial charge in [-0.1, -0.05) is 24.3 Å². The number of hydrogen-bond acceptors (Lipinski definition) is 3. The second-order valence-electron chi connectivity index (χ2n) is 4.47. The van der Waals surface area contributed by atoms with Gasteiger partial charge in [-0.25, -0.2) is 0 Å². The van der Waals surface area contributed by atoms with E-state index in [1.165, 1.54) is 11.3 Å². The van der Waals surface area contributed by atoms with Crippen molar-refractivity contribution in [3.05, 3.63) is 42.5 Å². The van der Waals surface area contributed by atoms with E-state index in [-0.39, 0.29) is 0 Å². The van der Waals surface area contributed by atoms with E-state index in [9.17, 15) is 5.11 Å². The zero-order valence-electron chi connectivity index (χ0n) is 11.5. The molecule has 2 atom stereocenters. The topological polar surface area (TPSA) is 32.7 Å². The molecule has 2 unspecified atom stereocenters. The summed E-state index contributed by atoms with van der Waals surface area (Å²) >= 11 is 0. The first-order chi connectivity index (χ1) is 8.61. The lowest BCUT2D eigenvalue weighted by atomic mass is 10.1. The van der Waals surface area contributed by atoms with E-state index in [1.54, 1.807) is 13.2 Å². The molecule has 2 rings (SSSR count). The number of aliphatic hydroxyl groups excluding tert-OH is 1. The molecule has 0 amide bonds. The molecule has 0 fully saturated rings. The maximum atomic E-state index is 9.60. The number of nitrogens with zero attached hydrogens (tertiary/aromatic N) is 1. The summed E-state index contributed by atoms with van der Waals surface area (Å²) in [6, 6.07) is 8.70. The van der Waals surface area contributed by atoms with Crippen LogP contribution in [0.5, 0.6) is 0 Å². The molecular weight excluding hydrogens is 226 g/mol. The van der Waals surface area contributed by atoms with Gasteiger partial charge in [0.1, 0.15) is 6.23 Å². The Bertz CT molecular complexity index is 377. The third kappa shape index (κ3) is 3.59. The molecule has 0 saturated carbocycles. The minimum atomic E-state index is -0.390. The molecule has 1 N–H and O–H groups in total. The van der Waals surface area contributed by atoms with Crippen molar-refractivity contribution in [2.45, 2.75) is 32.5 Å². The highest BCUT2D eigenvalue weighted by Gasteiger charge is 2.27. The van der Waals surface area contributed by atoms with Crippen molar-refractivity contribution in [2.24, 2.45) is 0 Å². The lowest BCUT2D eigenvalue weighted by Gasteiger charge is -2.27. The second kappa shape index (κ2) is 7.19. The molecule has 0 radical (unpaired) electrons. The number of para-hydroxylation sites is 1. The van der Waals surface area contributed by atoms with Crippen LogP contribution in [0.1, 0.15) is 19.4 Å². The number of rotatable bonds is 3. The standard InChI is InChI=1S/C11H15NO.C4H8O/c1-8-7-10-5-3-4-6-11(10)12(8)9(2)13;1-3-4-5-2/h3-6,8-9,13H,7H2,1-2H3;3H,1,4H2,2H3. The highest BCUT2D eigenvalue weighted by Crippen LogP contribution is 2.32. The number of methoxy groups -OCH3 is 1. The van der Waals surface area contributed by atoms with Crippen molar-refractivity contribution >= 4 is 5.69 Å². The number of hydrogen-bond donors (Lipinski definition) is 1. The maximum absolute atomic E-state index is 9.60. The quantitative estimate of drug-likeness (QED) is 0.836. The molecule has 0 bridgehead atoms. The lowest BCUT2D eigenvalue weighted by molar-refractivity contribution is 0.182. The Labute approximate surface area is 110 Å². The molecule has 0 aliphatic carbocycles. The van der Waals surface area contributed by atoms with E-state index in [0.717, 1.165) is 6.42 Å². The molecule has 0 aromatic heterocycles. The van der Waals surface area contributed by atoms with Crippen molar-refractivity contribution < 1.29 is 9.84 Å². The van der Waals surface area contributed by atoms with Gasteiger partial charge < -0.3 is 14.7 Å². The van der Waals surface area contributed by atoms with Crippen molar-refractivity contribution in [1.82, 2.24) is 0 Å². The van der Waals surface area contributed by atoms with Gasteiger partial charge in [-0.15, -0.1) is 6.58 Å². The third-order valence-corrected chi connectivity index (χ3v) is 2.95. The van der Waals surface area contributed by atoms with Crippen molar-refractivity contribution in [1.29, 1.82) is 0 Å². The SMILES string of the molecule is C=CCOC.CC(O)N1c2ccccc2CC1C. The number of benzene rings is 1. The van der Waals surface area contributed by atoms with E-state index in [2.05, 4.69) is 41.3 Å². The summed E-state index contributed by atoms with van der Waals surface area (Å²) < 4.78 is 4.57. The Morgan fingerprint density at radius 1 is 1.56 bits per heavy atom. The average molecular weight is 249 g/mol. The summed E-state index contributed by atoms with van der Waals surface area (Å²) in [7, 11) is 1.64. The first-order valence-corrected chi connectivity index (χ1v) is 6.26. The van der Waals surface area contributed by atoms with Gasteiger partial charge in [0.05, 0.1) is 6.61 Å². The summed E-state index contributed by atoms with van der Waals surface area (Å²) in [4.78, 5) is 2.06. The molecule has 3 nitrogen and oxygen atoms in total. The minimum Gasteiger partial charge on any atom is -0.381 e. The Kier molecular flexibility index (Phi) is 5.89. The van der Waals surface area contributed by atoms with E-state index in [4.69, 9.17) is 0 Å². The largest absolute Gasteiger partial charge is 0.381 e. The van der Waals surface area contributed by atoms with Crippen LogP contribution in [0.3, 0.4) is 0 Å². The Morgan fingerprint density at radius 2 is 2.22 bits per heavy atom. The Balaban J connectivity index is 0.000000280. The first kappa shape index (κ1) is 14.7. The van der Waals surface area contributed by atoms with Crippen LogP contribution >= 0.6 is 0 Å². The fourth-order valence-corrected chi connectivity index (χ4v) is 2.28. The normalized spacial score (nSPS) is 18.7. The summed E-state index contributed by atoms with van der Waals surface area (Å²) in [5.74, 6) is 0. The van der Waals surface area contributed by atoms with Gasteiger partial charge in [-0.2, -0.15) is 0 Å². The van der Waals surface area contributed by atoms with Crippen LogP contribution in [-0.4, -0.2) is 31.1 Å². The fraction of sp³-hybridized carbons (Fsp3) is 0.467. The van der Waals surface area contributed by atoms with Gasteiger partial charge >= 0.3 is 0 Å². The van der Waals surface area contributed by atoms with Crippen LogP contribution in [0.4, 0.5) is 5.69 Å². The predicted molar refractivity (Wildman–Crippen MR) is 75.8 cm³/mol. The maximum Gasteiger partial charge on any atom is 0.124 e. The van der Waals surface area contributed by atoms with E-state index in [1.807, 2.05) is 13.0 Å². The third-order valence-electron chi connectivity index (χ3n) is 2.95. The van der Waals surface area contributed by atoms with Gasteiger partial charge in [0.15, 0.2) is 0 Å². The highest BCUT2D eigenvalue weighted by molar-refractivity contribution is 5.59. The van der Waals surface area contributed by atoms with E-state index in [0.29, 0.717) is 12.6 Å². The highest BCUT2D eigenvalue weighted by atomic mass is 16.5. The van der Waals surface area contributed by atoms with Crippen LogP contribution in [0.15, 0.2) is 36.9 Å². The number of anilines is 1. The molecule has 1 aromatic carbocycles. The monoisotopic (exact) mass is 249 g/mol. The average Bonchev–Trinajstić information content (AvgIpc) is 2.66. The molecule has 1 heterocycles. The summed E-state index contributed by atoms with van der Waals surface area (Å²) in [5, 5.41) is 9.60. The lowest BCUT2D eigenvalue weighted by Crippen LogP contribution is -2.37.